The summed E-state index contributed by atoms with van der Waals surface area (Å²) in [5, 5.41) is 42.5. The zero-order valence-corrected chi connectivity index (χ0v) is 22.4. The third-order valence-electron chi connectivity index (χ3n) is 5.42. The van der Waals surface area contributed by atoms with Crippen LogP contribution in [0, 0.1) is 25.5 Å². The summed E-state index contributed by atoms with van der Waals surface area (Å²) in [7, 11) is 1.62. The topological polar surface area (TPSA) is 124 Å². The number of aromatic nitrogens is 4. The van der Waals surface area contributed by atoms with Crippen molar-refractivity contribution in [2.45, 2.75) is 38.9 Å². The van der Waals surface area contributed by atoms with Crippen LogP contribution in [0.5, 0.6) is 0 Å². The van der Waals surface area contributed by atoms with Gasteiger partial charge in [-0.25, -0.2) is 13.5 Å². The number of carboxylic acids is 1. The number of benzene rings is 2. The van der Waals surface area contributed by atoms with Crippen LogP contribution in [0.1, 0.15) is 40.9 Å². The van der Waals surface area contributed by atoms with Crippen molar-refractivity contribution in [2.75, 3.05) is 0 Å². The van der Waals surface area contributed by atoms with Gasteiger partial charge in [0.2, 0.25) is 0 Å². The number of hydrogen-bond acceptors (Lipinski definition) is 7. The van der Waals surface area contributed by atoms with Crippen molar-refractivity contribution < 1.29 is 58.5 Å². The average Bonchev–Trinajstić information content (AvgIpc) is 3.20. The van der Waals surface area contributed by atoms with Gasteiger partial charge in [0.25, 0.3) is 0 Å². The van der Waals surface area contributed by atoms with Gasteiger partial charge in [0.05, 0.1) is 12.2 Å². The molecule has 36 heavy (non-hydrogen) atoms. The summed E-state index contributed by atoms with van der Waals surface area (Å²) in [6.07, 6.45) is -0.454. The number of aliphatic carboxylic acids is 1. The van der Waals surface area contributed by atoms with Crippen molar-refractivity contribution in [1.82, 2.24) is 20.2 Å². The molecule has 1 aromatic heterocycles. The first kappa shape index (κ1) is 29.5. The predicted octanol–water partition coefficient (Wildman–Crippen LogP) is -1.12. The fourth-order valence-electron chi connectivity index (χ4n) is 3.65. The van der Waals surface area contributed by atoms with Crippen LogP contribution < -0.4 is 34.7 Å². The number of nitrogens with zero attached hydrogens (tertiary/aromatic N) is 4. The number of carboxylic acid groups (broad SMARTS) is 1. The Hall–Kier alpha value is -2.76. The van der Waals surface area contributed by atoms with E-state index in [-0.39, 0.29) is 36.0 Å². The number of halogens is 2. The number of rotatable bonds is 9. The van der Waals surface area contributed by atoms with E-state index in [1.807, 2.05) is 0 Å². The quantitative estimate of drug-likeness (QED) is 0.278. The standard InChI is InChI=1S/C25H26F2N4O4.Na/c1-14-10-16(4-8-21(14)26)24(17-5-9-22(27)15(2)11-17)20(25-28-29-30-31(25)3)7-6-18(32)12-19(33)13-23(34)35;/h4-11,18-19,32-33H,12-13H2,1-3H3,(H,34,35);/q;+1/p-1. The van der Waals surface area contributed by atoms with Crippen molar-refractivity contribution in [3.05, 3.63) is 88.3 Å². The fourth-order valence-corrected chi connectivity index (χ4v) is 3.65. The Labute approximate surface area is 229 Å². The summed E-state index contributed by atoms with van der Waals surface area (Å²) in [6, 6.07) is 9.08. The molecule has 0 spiro atoms. The van der Waals surface area contributed by atoms with E-state index in [9.17, 15) is 28.9 Å². The zero-order valence-electron chi connectivity index (χ0n) is 20.4. The van der Waals surface area contributed by atoms with Gasteiger partial charge in [0.1, 0.15) is 11.6 Å². The van der Waals surface area contributed by atoms with Crippen LogP contribution in [-0.4, -0.2) is 48.6 Å². The van der Waals surface area contributed by atoms with Crippen LogP contribution in [-0.2, 0) is 11.8 Å². The number of carbonyl (C=O) groups excluding carboxylic acids is 1. The van der Waals surface area contributed by atoms with Gasteiger partial charge in [-0.3, -0.25) is 0 Å². The van der Waals surface area contributed by atoms with Gasteiger partial charge in [-0.1, -0.05) is 24.3 Å². The Kier molecular flexibility index (Phi) is 10.6. The smallest absolute Gasteiger partial charge is 0.550 e. The van der Waals surface area contributed by atoms with Gasteiger partial charge in [0, 0.05) is 31.4 Å². The van der Waals surface area contributed by atoms with Gasteiger partial charge in [0.15, 0.2) is 5.82 Å². The first-order valence-corrected chi connectivity index (χ1v) is 10.8. The number of tetrazole rings is 1. The van der Waals surface area contributed by atoms with Crippen LogP contribution in [0.4, 0.5) is 8.78 Å². The molecule has 0 bridgehead atoms. The molecular weight excluding hydrogens is 481 g/mol. The molecular formula is C25H25F2N4NaO4. The number of allylic oxidation sites excluding steroid dienone is 2. The molecule has 0 radical (unpaired) electrons. The molecule has 2 aromatic carbocycles. The molecule has 8 nitrogen and oxygen atoms in total. The van der Waals surface area contributed by atoms with Crippen LogP contribution in [0.25, 0.3) is 11.1 Å². The van der Waals surface area contributed by atoms with E-state index in [0.29, 0.717) is 39.2 Å². The maximum absolute atomic E-state index is 14.1. The molecule has 0 aliphatic rings. The van der Waals surface area contributed by atoms with Crippen molar-refractivity contribution in [2.24, 2.45) is 7.05 Å². The van der Waals surface area contributed by atoms with E-state index < -0.39 is 36.2 Å². The van der Waals surface area contributed by atoms with E-state index in [4.69, 9.17) is 0 Å². The van der Waals surface area contributed by atoms with Crippen LogP contribution in [0.3, 0.4) is 0 Å². The molecule has 2 N–H and O–H groups in total. The molecule has 2 atom stereocenters. The predicted molar refractivity (Wildman–Crippen MR) is 122 cm³/mol. The van der Waals surface area contributed by atoms with Crippen LogP contribution >= 0.6 is 0 Å². The van der Waals surface area contributed by atoms with Crippen molar-refractivity contribution in [3.8, 4) is 0 Å². The van der Waals surface area contributed by atoms with Crippen molar-refractivity contribution in [3.63, 3.8) is 0 Å². The monoisotopic (exact) mass is 506 g/mol. The summed E-state index contributed by atoms with van der Waals surface area (Å²) in [4.78, 5) is 10.7. The molecule has 0 fully saturated rings. The van der Waals surface area contributed by atoms with Gasteiger partial charge in [-0.15, -0.1) is 5.10 Å². The largest absolute Gasteiger partial charge is 1.00 e. The number of aryl methyl sites for hydroxylation is 3. The van der Waals surface area contributed by atoms with Gasteiger partial charge in [-0.05, 0) is 76.4 Å². The Balaban J connectivity index is 0.00000456. The van der Waals surface area contributed by atoms with Crippen LogP contribution in [0.15, 0.2) is 48.6 Å². The second kappa shape index (κ2) is 13.0. The Morgan fingerprint density at radius 2 is 1.64 bits per heavy atom. The maximum Gasteiger partial charge on any atom is 1.00 e. The normalized spacial score (nSPS) is 12.8. The number of aliphatic hydroxyl groups excluding tert-OH is 2. The minimum Gasteiger partial charge on any atom is -0.550 e. The van der Waals surface area contributed by atoms with Gasteiger partial charge < -0.3 is 20.1 Å². The molecule has 0 amide bonds. The summed E-state index contributed by atoms with van der Waals surface area (Å²) in [6.45, 7) is 3.24. The first-order valence-electron chi connectivity index (χ1n) is 10.8. The molecule has 184 valence electrons. The fraction of sp³-hybridized carbons (Fsp3) is 0.280. The molecule has 0 saturated heterocycles. The van der Waals surface area contributed by atoms with Crippen molar-refractivity contribution in [1.29, 1.82) is 0 Å². The molecule has 3 aromatic rings. The summed E-state index contributed by atoms with van der Waals surface area (Å²) >= 11 is 0. The molecule has 0 aliphatic carbocycles. The molecule has 0 saturated carbocycles. The molecule has 3 rings (SSSR count). The summed E-state index contributed by atoms with van der Waals surface area (Å²) in [5.41, 5.74) is 2.97. The second-order valence-electron chi connectivity index (χ2n) is 8.23. The molecule has 1 heterocycles. The summed E-state index contributed by atoms with van der Waals surface area (Å²) in [5.74, 6) is -1.90. The minimum atomic E-state index is -1.43. The second-order valence-corrected chi connectivity index (χ2v) is 8.23. The van der Waals surface area contributed by atoms with E-state index >= 15 is 0 Å². The van der Waals surface area contributed by atoms with Gasteiger partial charge >= 0.3 is 29.6 Å². The first-order chi connectivity index (χ1) is 16.6. The Morgan fingerprint density at radius 3 is 2.08 bits per heavy atom. The van der Waals surface area contributed by atoms with Gasteiger partial charge in [-0.2, -0.15) is 0 Å². The third kappa shape index (κ3) is 7.37. The minimum absolute atomic E-state index is 0. The third-order valence-corrected chi connectivity index (χ3v) is 5.42. The van der Waals surface area contributed by atoms with E-state index in [1.54, 1.807) is 45.2 Å². The number of carbonyl (C=O) groups is 1. The van der Waals surface area contributed by atoms with E-state index in [2.05, 4.69) is 15.5 Å². The van der Waals surface area contributed by atoms with E-state index in [0.717, 1.165) is 0 Å². The number of hydrogen-bond donors (Lipinski definition) is 2. The van der Waals surface area contributed by atoms with Crippen LogP contribution in [0.2, 0.25) is 0 Å². The Bertz CT molecular complexity index is 1240. The summed E-state index contributed by atoms with van der Waals surface area (Å²) < 4.78 is 29.5. The SMILES string of the molecule is Cc1cc(C(=C(C=CC(O)CC(O)CC(=O)[O-])c2nnnn2C)c2ccc(F)c(C)c2)ccc1F.[Na+]. The molecule has 0 aliphatic heterocycles. The molecule has 2 unspecified atom stereocenters. The molecule has 11 heteroatoms. The zero-order chi connectivity index (χ0) is 25.7. The maximum atomic E-state index is 14.1. The van der Waals surface area contributed by atoms with Crippen molar-refractivity contribution >= 4 is 17.1 Å². The number of aliphatic hydroxyl groups is 2. The van der Waals surface area contributed by atoms with E-state index in [1.165, 1.54) is 29.0 Å². The average molecular weight is 506 g/mol. The Morgan fingerprint density at radius 1 is 1.08 bits per heavy atom.